The highest BCUT2D eigenvalue weighted by molar-refractivity contribution is 5.81. The summed E-state index contributed by atoms with van der Waals surface area (Å²) < 4.78 is 12.9. The van der Waals surface area contributed by atoms with E-state index >= 15 is 0 Å². The van der Waals surface area contributed by atoms with Crippen molar-refractivity contribution in [2.24, 2.45) is 0 Å². The zero-order valence-corrected chi connectivity index (χ0v) is 7.38. The molecule has 2 rings (SSSR count). The van der Waals surface area contributed by atoms with Gasteiger partial charge in [-0.25, -0.2) is 4.39 Å². The second kappa shape index (κ2) is 3.15. The summed E-state index contributed by atoms with van der Waals surface area (Å²) in [7, 11) is 0. The van der Waals surface area contributed by atoms with Crippen LogP contribution in [0.1, 0.15) is 6.42 Å². The van der Waals surface area contributed by atoms with Crippen LogP contribution in [0.25, 0.3) is 0 Å². The van der Waals surface area contributed by atoms with Crippen molar-refractivity contribution in [2.45, 2.75) is 12.5 Å². The SMILES string of the molecule is C#CC1=C(C=O)NC2CC=C(F)C=C12. The minimum Gasteiger partial charge on any atom is -0.374 e. The fourth-order valence-corrected chi connectivity index (χ4v) is 1.72. The molecule has 1 aliphatic carbocycles. The minimum absolute atomic E-state index is 0.0410. The summed E-state index contributed by atoms with van der Waals surface area (Å²) >= 11 is 0. The van der Waals surface area contributed by atoms with E-state index in [1.165, 1.54) is 12.2 Å². The average molecular weight is 189 g/mol. The standard InChI is InChI=1S/C11H8FNO/c1-2-8-9-5-7(12)3-4-10(9)13-11(8)6-14/h1,3,5-6,10,13H,4H2. The summed E-state index contributed by atoms with van der Waals surface area (Å²) in [6.45, 7) is 0. The van der Waals surface area contributed by atoms with Gasteiger partial charge in [0.25, 0.3) is 0 Å². The predicted octanol–water partition coefficient (Wildman–Crippen LogP) is 1.23. The van der Waals surface area contributed by atoms with Crippen molar-refractivity contribution in [3.8, 4) is 12.3 Å². The van der Waals surface area contributed by atoms with Crippen LogP contribution >= 0.6 is 0 Å². The van der Waals surface area contributed by atoms with Gasteiger partial charge in [0.1, 0.15) is 5.83 Å². The number of aldehydes is 1. The molecule has 0 radical (unpaired) electrons. The Hall–Kier alpha value is -1.82. The Kier molecular flexibility index (Phi) is 1.97. The highest BCUT2D eigenvalue weighted by atomic mass is 19.1. The Morgan fingerprint density at radius 3 is 3.14 bits per heavy atom. The molecule has 0 saturated carbocycles. The molecule has 0 saturated heterocycles. The van der Waals surface area contributed by atoms with Crippen LogP contribution in [-0.2, 0) is 4.79 Å². The average Bonchev–Trinajstić information content (AvgIpc) is 2.54. The van der Waals surface area contributed by atoms with Crippen molar-refractivity contribution in [3.05, 3.63) is 34.8 Å². The number of allylic oxidation sites excluding steroid dienone is 3. The number of carbonyl (C=O) groups excluding carboxylic acids is 1. The molecule has 0 spiro atoms. The molecule has 2 aliphatic rings. The van der Waals surface area contributed by atoms with Crippen molar-refractivity contribution in [2.75, 3.05) is 0 Å². The lowest BCUT2D eigenvalue weighted by Crippen LogP contribution is -2.25. The van der Waals surface area contributed by atoms with E-state index in [1.807, 2.05) is 0 Å². The van der Waals surface area contributed by atoms with Crippen LogP contribution in [0.4, 0.5) is 4.39 Å². The summed E-state index contributed by atoms with van der Waals surface area (Å²) in [6, 6.07) is -0.0410. The van der Waals surface area contributed by atoms with E-state index in [4.69, 9.17) is 6.42 Å². The van der Waals surface area contributed by atoms with Crippen molar-refractivity contribution in [1.82, 2.24) is 5.32 Å². The number of fused-ring (bicyclic) bond motifs is 1. The molecule has 1 aliphatic heterocycles. The van der Waals surface area contributed by atoms with E-state index in [-0.39, 0.29) is 11.9 Å². The molecule has 2 nitrogen and oxygen atoms in total. The van der Waals surface area contributed by atoms with Gasteiger partial charge in [-0.2, -0.15) is 0 Å². The van der Waals surface area contributed by atoms with Gasteiger partial charge in [0.15, 0.2) is 6.29 Å². The zero-order chi connectivity index (χ0) is 10.1. The van der Waals surface area contributed by atoms with Crippen LogP contribution in [0.5, 0.6) is 0 Å². The monoisotopic (exact) mass is 189 g/mol. The topological polar surface area (TPSA) is 29.1 Å². The van der Waals surface area contributed by atoms with Crippen molar-refractivity contribution in [3.63, 3.8) is 0 Å². The van der Waals surface area contributed by atoms with E-state index in [9.17, 15) is 9.18 Å². The molecule has 70 valence electrons. The van der Waals surface area contributed by atoms with Gasteiger partial charge in [-0.1, -0.05) is 5.92 Å². The highest BCUT2D eigenvalue weighted by Gasteiger charge is 2.29. The number of hydrogen-bond donors (Lipinski definition) is 1. The first-order valence-electron chi connectivity index (χ1n) is 4.26. The molecule has 0 aromatic rings. The molecule has 14 heavy (non-hydrogen) atoms. The lowest BCUT2D eigenvalue weighted by Gasteiger charge is -2.15. The molecule has 1 heterocycles. The highest BCUT2D eigenvalue weighted by Crippen LogP contribution is 2.30. The minimum atomic E-state index is -0.294. The van der Waals surface area contributed by atoms with Gasteiger partial charge >= 0.3 is 0 Å². The number of rotatable bonds is 1. The van der Waals surface area contributed by atoms with Gasteiger partial charge in [-0.15, -0.1) is 6.42 Å². The first kappa shape index (κ1) is 8.76. The van der Waals surface area contributed by atoms with Crippen LogP contribution in [0.15, 0.2) is 34.8 Å². The van der Waals surface area contributed by atoms with Gasteiger partial charge in [-0.3, -0.25) is 4.79 Å². The Morgan fingerprint density at radius 1 is 1.71 bits per heavy atom. The van der Waals surface area contributed by atoms with E-state index < -0.39 is 0 Å². The Balaban J connectivity index is 2.47. The van der Waals surface area contributed by atoms with Gasteiger partial charge in [0.05, 0.1) is 17.3 Å². The molecule has 1 atom stereocenters. The normalized spacial score (nSPS) is 24.4. The van der Waals surface area contributed by atoms with Crippen LogP contribution in [0, 0.1) is 12.3 Å². The number of halogens is 1. The number of nitrogens with one attached hydrogen (secondary N) is 1. The summed E-state index contributed by atoms with van der Waals surface area (Å²) in [5, 5.41) is 2.95. The Morgan fingerprint density at radius 2 is 2.50 bits per heavy atom. The molecule has 0 bridgehead atoms. The van der Waals surface area contributed by atoms with Gasteiger partial charge in [-0.05, 0) is 24.1 Å². The largest absolute Gasteiger partial charge is 0.374 e. The first-order chi connectivity index (χ1) is 6.76. The molecule has 3 heteroatoms. The molecule has 0 amide bonds. The van der Waals surface area contributed by atoms with Crippen LogP contribution in [0.2, 0.25) is 0 Å². The summed E-state index contributed by atoms with van der Waals surface area (Å²) in [5.74, 6) is 2.11. The lowest BCUT2D eigenvalue weighted by molar-refractivity contribution is -0.105. The quantitative estimate of drug-likeness (QED) is 0.496. The Bertz CT molecular complexity index is 423. The number of hydrogen-bond acceptors (Lipinski definition) is 2. The number of terminal acetylenes is 1. The zero-order valence-electron chi connectivity index (χ0n) is 7.38. The van der Waals surface area contributed by atoms with Gasteiger partial charge in [0.2, 0.25) is 0 Å². The molecule has 0 aromatic carbocycles. The third kappa shape index (κ3) is 1.16. The second-order valence-electron chi connectivity index (χ2n) is 3.17. The molecular weight excluding hydrogens is 181 g/mol. The summed E-state index contributed by atoms with van der Waals surface area (Å²) in [6.07, 6.45) is 9.32. The van der Waals surface area contributed by atoms with E-state index in [0.29, 0.717) is 29.6 Å². The smallest absolute Gasteiger partial charge is 0.167 e. The van der Waals surface area contributed by atoms with Gasteiger partial charge in [0, 0.05) is 0 Å². The predicted molar refractivity (Wildman–Crippen MR) is 50.7 cm³/mol. The van der Waals surface area contributed by atoms with E-state index in [0.717, 1.165) is 0 Å². The lowest BCUT2D eigenvalue weighted by atomic mass is 9.95. The molecule has 1 unspecified atom stereocenters. The first-order valence-corrected chi connectivity index (χ1v) is 4.26. The fourth-order valence-electron chi connectivity index (χ4n) is 1.72. The van der Waals surface area contributed by atoms with Crippen LogP contribution < -0.4 is 5.32 Å². The maximum Gasteiger partial charge on any atom is 0.167 e. The third-order valence-electron chi connectivity index (χ3n) is 2.37. The molecular formula is C11H8FNO. The maximum atomic E-state index is 12.9. The van der Waals surface area contributed by atoms with Crippen molar-refractivity contribution >= 4 is 6.29 Å². The van der Waals surface area contributed by atoms with Crippen molar-refractivity contribution < 1.29 is 9.18 Å². The van der Waals surface area contributed by atoms with E-state index in [1.54, 1.807) is 0 Å². The molecule has 0 aromatic heterocycles. The summed E-state index contributed by atoms with van der Waals surface area (Å²) in [5.41, 5.74) is 1.56. The van der Waals surface area contributed by atoms with E-state index in [2.05, 4.69) is 11.2 Å². The number of carbonyl (C=O) groups is 1. The molecule has 0 fully saturated rings. The Labute approximate surface area is 81.2 Å². The summed E-state index contributed by atoms with van der Waals surface area (Å²) in [4.78, 5) is 10.6. The fraction of sp³-hybridized carbons (Fsp3) is 0.182. The maximum absolute atomic E-state index is 12.9. The van der Waals surface area contributed by atoms with Crippen molar-refractivity contribution in [1.29, 1.82) is 0 Å². The van der Waals surface area contributed by atoms with Gasteiger partial charge < -0.3 is 5.32 Å². The van der Waals surface area contributed by atoms with Crippen LogP contribution in [-0.4, -0.2) is 12.3 Å². The second-order valence-corrected chi connectivity index (χ2v) is 3.17. The third-order valence-corrected chi connectivity index (χ3v) is 2.37. The molecule has 1 N–H and O–H groups in total. The van der Waals surface area contributed by atoms with Crippen LogP contribution in [0.3, 0.4) is 0 Å².